The van der Waals surface area contributed by atoms with Crippen LogP contribution < -0.4 is 5.32 Å². The Morgan fingerprint density at radius 3 is 2.47 bits per heavy atom. The van der Waals surface area contributed by atoms with Crippen molar-refractivity contribution >= 4 is 30.0 Å². The summed E-state index contributed by atoms with van der Waals surface area (Å²) in [5.41, 5.74) is 4.57. The number of benzene rings is 1. The zero-order valence-corrected chi connectivity index (χ0v) is 17.0. The number of aliphatic carboxylic acids is 1. The van der Waals surface area contributed by atoms with E-state index < -0.39 is 30.4 Å². The zero-order chi connectivity index (χ0) is 22.2. The third-order valence-corrected chi connectivity index (χ3v) is 4.88. The normalized spacial score (nSPS) is 14.9. The van der Waals surface area contributed by atoms with Crippen LogP contribution in [0.1, 0.15) is 32.9 Å². The van der Waals surface area contributed by atoms with Gasteiger partial charge < -0.3 is 19.7 Å². The largest absolute Gasteiger partial charge is 0.480 e. The number of carbonyl (C=O) groups excluding carboxylic acids is 3. The number of imide groups is 1. The molecule has 1 aliphatic heterocycles. The molecule has 0 atom stereocenters. The van der Waals surface area contributed by atoms with Crippen LogP contribution in [0, 0.1) is 20.8 Å². The number of aromatic nitrogens is 1. The van der Waals surface area contributed by atoms with Crippen LogP contribution in [0.5, 0.6) is 0 Å². The van der Waals surface area contributed by atoms with Crippen LogP contribution >= 0.6 is 0 Å². The van der Waals surface area contributed by atoms with E-state index in [0.717, 1.165) is 22.6 Å². The number of methoxy groups -OCH3 is 1. The molecule has 1 saturated heterocycles. The molecule has 2 aromatic rings. The number of hydrogen-bond donors (Lipinski definition) is 2. The number of ether oxygens (including phenoxy) is 1. The maximum absolute atomic E-state index is 12.4. The third kappa shape index (κ3) is 3.69. The van der Waals surface area contributed by atoms with Crippen molar-refractivity contribution in [2.75, 3.05) is 13.7 Å². The molecule has 2 N–H and O–H groups in total. The molecule has 0 aliphatic carbocycles. The van der Waals surface area contributed by atoms with Crippen molar-refractivity contribution in [3.05, 3.63) is 58.0 Å². The number of carboxylic acid groups (broad SMARTS) is 1. The quantitative estimate of drug-likeness (QED) is 0.442. The van der Waals surface area contributed by atoms with E-state index in [1.54, 1.807) is 12.1 Å². The standard InChI is InChI=1S/C21H21N3O6/c1-11-7-14(20(28)30-4)5-6-17(11)24-12(2)8-15(13(24)3)9-16-19(27)23(10-18(25)26)21(29)22-16/h5-9H,10H2,1-4H3,(H,22,29)(H,25,26)/b16-9+. The Morgan fingerprint density at radius 2 is 1.87 bits per heavy atom. The van der Waals surface area contributed by atoms with Crippen LogP contribution in [0.3, 0.4) is 0 Å². The predicted molar refractivity (Wildman–Crippen MR) is 107 cm³/mol. The fourth-order valence-electron chi connectivity index (χ4n) is 3.46. The van der Waals surface area contributed by atoms with Gasteiger partial charge in [0.05, 0.1) is 12.7 Å². The average Bonchev–Trinajstić information content (AvgIpc) is 3.11. The van der Waals surface area contributed by atoms with E-state index in [-0.39, 0.29) is 5.70 Å². The van der Waals surface area contributed by atoms with Crippen LogP contribution in [0.15, 0.2) is 30.0 Å². The number of carboxylic acids is 1. The molecular formula is C21H21N3O6. The van der Waals surface area contributed by atoms with Crippen molar-refractivity contribution in [1.29, 1.82) is 0 Å². The Morgan fingerprint density at radius 1 is 1.17 bits per heavy atom. The van der Waals surface area contributed by atoms with Gasteiger partial charge in [-0.1, -0.05) is 0 Å². The van der Waals surface area contributed by atoms with Crippen LogP contribution in [0.4, 0.5) is 4.79 Å². The minimum atomic E-state index is -1.27. The van der Waals surface area contributed by atoms with Crippen molar-refractivity contribution in [3.63, 3.8) is 0 Å². The minimum absolute atomic E-state index is 0.0132. The molecule has 2 heterocycles. The molecule has 9 heteroatoms. The molecule has 0 unspecified atom stereocenters. The van der Waals surface area contributed by atoms with Crippen LogP contribution in [0.2, 0.25) is 0 Å². The van der Waals surface area contributed by atoms with Crippen molar-refractivity contribution in [2.45, 2.75) is 20.8 Å². The molecule has 156 valence electrons. The van der Waals surface area contributed by atoms with Gasteiger partial charge in [0.25, 0.3) is 5.91 Å². The summed E-state index contributed by atoms with van der Waals surface area (Å²) >= 11 is 0. The lowest BCUT2D eigenvalue weighted by molar-refractivity contribution is -0.140. The van der Waals surface area contributed by atoms with Crippen LogP contribution in [-0.4, -0.2) is 52.1 Å². The van der Waals surface area contributed by atoms with Crippen molar-refractivity contribution in [3.8, 4) is 5.69 Å². The lowest BCUT2D eigenvalue weighted by Gasteiger charge is -2.14. The number of nitrogens with zero attached hydrogens (tertiary/aromatic N) is 2. The number of hydrogen-bond acceptors (Lipinski definition) is 5. The van der Waals surface area contributed by atoms with Gasteiger partial charge in [0.15, 0.2) is 0 Å². The molecule has 3 rings (SSSR count). The molecule has 0 saturated carbocycles. The molecule has 1 fully saturated rings. The van der Waals surface area contributed by atoms with Gasteiger partial charge in [-0.15, -0.1) is 0 Å². The molecule has 1 aliphatic rings. The molecule has 0 spiro atoms. The summed E-state index contributed by atoms with van der Waals surface area (Å²) in [5, 5.41) is 11.3. The highest BCUT2D eigenvalue weighted by Gasteiger charge is 2.35. The molecule has 0 bridgehead atoms. The second kappa shape index (κ2) is 7.86. The Bertz CT molecular complexity index is 1110. The van der Waals surface area contributed by atoms with E-state index in [1.165, 1.54) is 13.2 Å². The number of carbonyl (C=O) groups is 4. The second-order valence-electron chi connectivity index (χ2n) is 6.93. The van der Waals surface area contributed by atoms with Gasteiger partial charge >= 0.3 is 18.0 Å². The number of amides is 3. The van der Waals surface area contributed by atoms with Crippen molar-refractivity contribution in [2.24, 2.45) is 0 Å². The first-order valence-electron chi connectivity index (χ1n) is 9.08. The van der Waals surface area contributed by atoms with E-state index in [1.807, 2.05) is 37.5 Å². The number of urea groups is 1. The molecule has 1 aromatic heterocycles. The summed E-state index contributed by atoms with van der Waals surface area (Å²) in [6.07, 6.45) is 1.53. The minimum Gasteiger partial charge on any atom is -0.480 e. The summed E-state index contributed by atoms with van der Waals surface area (Å²) in [4.78, 5) is 47.5. The van der Waals surface area contributed by atoms with Gasteiger partial charge in [0, 0.05) is 17.1 Å². The van der Waals surface area contributed by atoms with Gasteiger partial charge in [-0.2, -0.15) is 0 Å². The van der Waals surface area contributed by atoms with E-state index in [4.69, 9.17) is 9.84 Å². The zero-order valence-electron chi connectivity index (χ0n) is 17.0. The highest BCUT2D eigenvalue weighted by atomic mass is 16.5. The van der Waals surface area contributed by atoms with Crippen LogP contribution in [0.25, 0.3) is 11.8 Å². The Labute approximate surface area is 172 Å². The third-order valence-electron chi connectivity index (χ3n) is 4.88. The van der Waals surface area contributed by atoms with E-state index >= 15 is 0 Å². The average molecular weight is 411 g/mol. The number of esters is 1. The summed E-state index contributed by atoms with van der Waals surface area (Å²) in [6.45, 7) is 4.94. The smallest absolute Gasteiger partial charge is 0.337 e. The van der Waals surface area contributed by atoms with Crippen LogP contribution in [-0.2, 0) is 14.3 Å². The lowest BCUT2D eigenvalue weighted by Crippen LogP contribution is -2.35. The van der Waals surface area contributed by atoms with Gasteiger partial charge in [0.2, 0.25) is 0 Å². The molecule has 3 amide bonds. The fraction of sp³-hybridized carbons (Fsp3) is 0.238. The molecule has 1 aromatic carbocycles. The predicted octanol–water partition coefficient (Wildman–Crippen LogP) is 2.17. The maximum atomic E-state index is 12.4. The van der Waals surface area contributed by atoms with Crippen molar-refractivity contribution in [1.82, 2.24) is 14.8 Å². The maximum Gasteiger partial charge on any atom is 0.337 e. The highest BCUT2D eigenvalue weighted by molar-refractivity contribution is 6.15. The van der Waals surface area contributed by atoms with Gasteiger partial charge in [-0.05, 0) is 62.2 Å². The summed E-state index contributed by atoms with van der Waals surface area (Å²) in [6, 6.07) is 6.32. The first-order chi connectivity index (χ1) is 14.1. The highest BCUT2D eigenvalue weighted by Crippen LogP contribution is 2.26. The van der Waals surface area contributed by atoms with Gasteiger partial charge in [-0.3, -0.25) is 9.59 Å². The topological polar surface area (TPSA) is 118 Å². The monoisotopic (exact) mass is 411 g/mol. The van der Waals surface area contributed by atoms with Gasteiger partial charge in [0.1, 0.15) is 12.2 Å². The number of aryl methyl sites for hydroxylation is 2. The first-order valence-corrected chi connectivity index (χ1v) is 9.08. The Hall–Kier alpha value is -3.88. The van der Waals surface area contributed by atoms with Crippen molar-refractivity contribution < 1.29 is 29.0 Å². The lowest BCUT2D eigenvalue weighted by atomic mass is 10.1. The van der Waals surface area contributed by atoms with E-state index in [2.05, 4.69) is 5.32 Å². The van der Waals surface area contributed by atoms with Gasteiger partial charge in [-0.25, -0.2) is 14.5 Å². The number of rotatable bonds is 5. The molecular weight excluding hydrogens is 390 g/mol. The molecule has 30 heavy (non-hydrogen) atoms. The Balaban J connectivity index is 1.98. The summed E-state index contributed by atoms with van der Waals surface area (Å²) < 4.78 is 6.72. The summed E-state index contributed by atoms with van der Waals surface area (Å²) in [5.74, 6) is -2.38. The first kappa shape index (κ1) is 20.8. The summed E-state index contributed by atoms with van der Waals surface area (Å²) in [7, 11) is 1.33. The Kier molecular flexibility index (Phi) is 5.46. The van der Waals surface area contributed by atoms with E-state index in [0.29, 0.717) is 16.0 Å². The second-order valence-corrected chi connectivity index (χ2v) is 6.93. The SMILES string of the molecule is COC(=O)c1ccc(-n2c(C)cc(/C=C3/NC(=O)N(CC(=O)O)C3=O)c2C)c(C)c1. The fourth-order valence-corrected chi connectivity index (χ4v) is 3.46. The van der Waals surface area contributed by atoms with E-state index in [9.17, 15) is 19.2 Å². The molecule has 0 radical (unpaired) electrons. The molecule has 9 nitrogen and oxygen atoms in total. The number of nitrogens with one attached hydrogen (secondary N) is 1.